The molecule has 5 rings (SSSR count). The lowest BCUT2D eigenvalue weighted by molar-refractivity contribution is -0.122. The molecule has 7 nitrogen and oxygen atoms in total. The molecule has 4 N–H and O–H groups in total. The van der Waals surface area contributed by atoms with Crippen LogP contribution in [-0.4, -0.2) is 61.3 Å². The van der Waals surface area contributed by atoms with Crippen LogP contribution in [0.1, 0.15) is 49.7 Å². The van der Waals surface area contributed by atoms with Gasteiger partial charge in [-0.05, 0) is 80.2 Å². The van der Waals surface area contributed by atoms with E-state index in [2.05, 4.69) is 10.6 Å². The molecule has 1 aliphatic heterocycles. The standard InChI is InChI=1S/C31H36ClF3N4O3S/c1-18-16-37-17-24(39(18)43(41,42)25-10-11-25)9-12-26-27(35)3-2-4-28(26)38-31(40)30(36)29(19-5-7-21(32)8-6-19)20-13-22(33)15-23(34)14-20/h2-8,13-15,18,24-27,29-30,37H,9-12,16-17,36H2,1H3,(H,38,40)/t18-,24-,26?,27?,29-,30-/m0/s1. The normalized spacial score (nSPS) is 26.0. The predicted octanol–water partition coefficient (Wildman–Crippen LogP) is 4.54. The number of nitrogens with two attached hydrogens (primary N) is 1. The summed E-state index contributed by atoms with van der Waals surface area (Å²) in [5.41, 5.74) is 7.45. The van der Waals surface area contributed by atoms with E-state index in [1.807, 2.05) is 6.92 Å². The molecule has 12 heteroatoms. The van der Waals surface area contributed by atoms with Crippen LogP contribution in [-0.2, 0) is 14.8 Å². The Labute approximate surface area is 255 Å². The molecule has 0 spiro atoms. The molecule has 232 valence electrons. The number of halogens is 4. The number of carbonyl (C=O) groups is 1. The summed E-state index contributed by atoms with van der Waals surface area (Å²) in [5.74, 6) is -3.96. The van der Waals surface area contributed by atoms with Crippen LogP contribution in [0.25, 0.3) is 0 Å². The minimum Gasteiger partial charge on any atom is -0.328 e. The molecular formula is C31H36ClF3N4O3S. The monoisotopic (exact) mass is 636 g/mol. The summed E-state index contributed by atoms with van der Waals surface area (Å²) in [5, 5.41) is 6.14. The smallest absolute Gasteiger partial charge is 0.242 e. The molecule has 2 aromatic carbocycles. The number of nitrogens with one attached hydrogen (secondary N) is 2. The Bertz CT molecular complexity index is 1480. The summed E-state index contributed by atoms with van der Waals surface area (Å²) in [6.45, 7) is 2.87. The molecule has 1 saturated carbocycles. The maximum absolute atomic E-state index is 15.3. The van der Waals surface area contributed by atoms with Gasteiger partial charge in [0.15, 0.2) is 0 Å². The highest BCUT2D eigenvalue weighted by atomic mass is 35.5. The van der Waals surface area contributed by atoms with E-state index >= 15 is 4.39 Å². The number of alkyl halides is 1. The Hall–Kier alpha value is -2.70. The molecule has 2 unspecified atom stereocenters. The average molecular weight is 637 g/mol. The largest absolute Gasteiger partial charge is 0.328 e. The van der Waals surface area contributed by atoms with Crippen molar-refractivity contribution < 1.29 is 26.4 Å². The van der Waals surface area contributed by atoms with E-state index in [1.165, 1.54) is 12.2 Å². The lowest BCUT2D eigenvalue weighted by atomic mass is 9.84. The highest BCUT2D eigenvalue weighted by Gasteiger charge is 2.46. The van der Waals surface area contributed by atoms with Gasteiger partial charge < -0.3 is 16.4 Å². The minimum absolute atomic E-state index is 0.163. The van der Waals surface area contributed by atoms with Gasteiger partial charge in [0, 0.05) is 53.8 Å². The molecule has 1 amide bonds. The zero-order valence-corrected chi connectivity index (χ0v) is 25.3. The number of allylic oxidation sites excluding steroid dienone is 4. The Morgan fingerprint density at radius 1 is 1.09 bits per heavy atom. The number of benzene rings is 2. The van der Waals surface area contributed by atoms with Gasteiger partial charge >= 0.3 is 0 Å². The molecule has 0 aromatic heterocycles. The van der Waals surface area contributed by atoms with Gasteiger partial charge in [0.05, 0.1) is 11.3 Å². The number of nitrogens with zero attached hydrogens (tertiary/aromatic N) is 1. The van der Waals surface area contributed by atoms with Gasteiger partial charge in [-0.2, -0.15) is 4.31 Å². The predicted molar refractivity (Wildman–Crippen MR) is 161 cm³/mol. The van der Waals surface area contributed by atoms with Crippen molar-refractivity contribution in [3.8, 4) is 0 Å². The second-order valence-corrected chi connectivity index (χ2v) is 14.2. The summed E-state index contributed by atoms with van der Waals surface area (Å²) in [6.07, 6.45) is 5.07. The third-order valence-electron chi connectivity index (χ3n) is 8.42. The van der Waals surface area contributed by atoms with E-state index in [-0.39, 0.29) is 29.3 Å². The molecule has 6 atom stereocenters. The van der Waals surface area contributed by atoms with Crippen molar-refractivity contribution in [1.29, 1.82) is 0 Å². The van der Waals surface area contributed by atoms with Crippen molar-refractivity contribution in [1.82, 2.24) is 14.9 Å². The van der Waals surface area contributed by atoms with Crippen LogP contribution in [0.5, 0.6) is 0 Å². The molecule has 0 bridgehead atoms. The van der Waals surface area contributed by atoms with Crippen molar-refractivity contribution in [2.24, 2.45) is 11.7 Å². The fourth-order valence-corrected chi connectivity index (χ4v) is 8.52. The highest BCUT2D eigenvalue weighted by Crippen LogP contribution is 2.36. The van der Waals surface area contributed by atoms with Gasteiger partial charge in [0.25, 0.3) is 0 Å². The molecule has 0 radical (unpaired) electrons. The second-order valence-electron chi connectivity index (χ2n) is 11.6. The molecule has 3 aliphatic rings. The van der Waals surface area contributed by atoms with Crippen LogP contribution < -0.4 is 16.4 Å². The van der Waals surface area contributed by atoms with Crippen molar-refractivity contribution in [3.05, 3.63) is 94.2 Å². The van der Waals surface area contributed by atoms with E-state index in [0.29, 0.717) is 48.6 Å². The van der Waals surface area contributed by atoms with Crippen molar-refractivity contribution >= 4 is 27.5 Å². The highest BCUT2D eigenvalue weighted by molar-refractivity contribution is 7.90. The van der Waals surface area contributed by atoms with Gasteiger partial charge in [-0.25, -0.2) is 21.6 Å². The number of sulfonamides is 1. The van der Waals surface area contributed by atoms with Gasteiger partial charge in [-0.1, -0.05) is 29.8 Å². The van der Waals surface area contributed by atoms with Crippen LogP contribution in [0.2, 0.25) is 5.02 Å². The van der Waals surface area contributed by atoms with E-state index in [4.69, 9.17) is 17.3 Å². The maximum atomic E-state index is 15.3. The third kappa shape index (κ3) is 7.17. The lowest BCUT2D eigenvalue weighted by Crippen LogP contribution is -2.59. The Kier molecular flexibility index (Phi) is 9.67. The molecule has 2 fully saturated rings. The van der Waals surface area contributed by atoms with E-state index in [9.17, 15) is 22.0 Å². The third-order valence-corrected chi connectivity index (χ3v) is 11.2. The molecular weight excluding hydrogens is 601 g/mol. The molecule has 2 aliphatic carbocycles. The Morgan fingerprint density at radius 3 is 2.42 bits per heavy atom. The summed E-state index contributed by atoms with van der Waals surface area (Å²) in [6, 6.07) is 7.57. The Balaban J connectivity index is 1.34. The van der Waals surface area contributed by atoms with E-state index in [1.54, 1.807) is 34.6 Å². The molecule has 1 saturated heterocycles. The number of hydrogen-bond donors (Lipinski definition) is 3. The number of carbonyl (C=O) groups excluding carboxylic acids is 1. The molecule has 1 heterocycles. The van der Waals surface area contributed by atoms with Crippen molar-refractivity contribution in [2.75, 3.05) is 13.1 Å². The number of piperazine rings is 1. The van der Waals surface area contributed by atoms with E-state index in [0.717, 1.165) is 18.2 Å². The first-order chi connectivity index (χ1) is 20.5. The summed E-state index contributed by atoms with van der Waals surface area (Å²) < 4.78 is 71.7. The minimum atomic E-state index is -3.45. The van der Waals surface area contributed by atoms with Crippen molar-refractivity contribution in [3.63, 3.8) is 0 Å². The molecule has 43 heavy (non-hydrogen) atoms. The van der Waals surface area contributed by atoms with Crippen LogP contribution in [0.4, 0.5) is 13.2 Å². The van der Waals surface area contributed by atoms with Gasteiger partial charge in [0.1, 0.15) is 17.8 Å². The van der Waals surface area contributed by atoms with Gasteiger partial charge in [-0.15, -0.1) is 0 Å². The molecule has 2 aromatic rings. The number of amides is 1. The fraction of sp³-hybridized carbons (Fsp3) is 0.452. The topological polar surface area (TPSA) is 105 Å². The van der Waals surface area contributed by atoms with Crippen LogP contribution in [0, 0.1) is 17.6 Å². The number of rotatable bonds is 10. The van der Waals surface area contributed by atoms with Crippen LogP contribution in [0.3, 0.4) is 0 Å². The lowest BCUT2D eigenvalue weighted by Gasteiger charge is -2.41. The van der Waals surface area contributed by atoms with E-state index < -0.39 is 51.6 Å². The quantitative estimate of drug-likeness (QED) is 0.355. The first-order valence-electron chi connectivity index (χ1n) is 14.5. The van der Waals surface area contributed by atoms with Crippen molar-refractivity contribution in [2.45, 2.75) is 68.1 Å². The first kappa shape index (κ1) is 31.7. The SMILES string of the molecule is C[C@H]1CNC[C@H](CCC2C(NC(=O)[C@@H](N)[C@@H](c3ccc(Cl)cc3)c3cc(F)cc(F)c3)=CC=CC2F)N1S(=O)(=O)C1CC1. The van der Waals surface area contributed by atoms with Crippen LogP contribution in [0.15, 0.2) is 66.4 Å². The Morgan fingerprint density at radius 2 is 1.77 bits per heavy atom. The average Bonchev–Trinajstić information content (AvgIpc) is 3.80. The van der Waals surface area contributed by atoms with Gasteiger partial charge in [-0.3, -0.25) is 4.79 Å². The zero-order valence-electron chi connectivity index (χ0n) is 23.7. The van der Waals surface area contributed by atoms with Crippen LogP contribution >= 0.6 is 11.6 Å². The van der Waals surface area contributed by atoms with Gasteiger partial charge in [0.2, 0.25) is 15.9 Å². The second kappa shape index (κ2) is 13.1. The first-order valence-corrected chi connectivity index (χ1v) is 16.4. The summed E-state index contributed by atoms with van der Waals surface area (Å²) >= 11 is 6.04. The fourth-order valence-electron chi connectivity index (χ4n) is 6.15. The zero-order chi connectivity index (χ0) is 30.9. The summed E-state index contributed by atoms with van der Waals surface area (Å²) in [7, 11) is -3.45. The maximum Gasteiger partial charge on any atom is 0.242 e. The number of hydrogen-bond acceptors (Lipinski definition) is 5. The summed E-state index contributed by atoms with van der Waals surface area (Å²) in [4.78, 5) is 13.6.